The van der Waals surface area contributed by atoms with Crippen LogP contribution in [0.15, 0.2) is 41.7 Å². The Morgan fingerprint density at radius 1 is 1.29 bits per heavy atom. The van der Waals surface area contributed by atoms with Gasteiger partial charge in [-0.25, -0.2) is 15.0 Å². The Morgan fingerprint density at radius 3 is 2.84 bits per heavy atom. The van der Waals surface area contributed by atoms with Gasteiger partial charge in [-0.05, 0) is 41.8 Å². The maximum atomic E-state index is 13.4. The average molecular weight is 502 g/mol. The molecule has 5 heterocycles. The fourth-order valence-corrected chi connectivity index (χ4v) is 4.82. The van der Waals surface area contributed by atoms with Crippen LogP contribution in [0.5, 0.6) is 0 Å². The highest BCUT2D eigenvalue weighted by Crippen LogP contribution is 2.34. The number of anilines is 1. The molecule has 0 aliphatic carbocycles. The molecule has 31 heavy (non-hydrogen) atoms. The zero-order chi connectivity index (χ0) is 21.5. The van der Waals surface area contributed by atoms with Gasteiger partial charge in [0.05, 0.1) is 21.9 Å². The number of halogens is 2. The number of aromatic nitrogens is 7. The minimum atomic E-state index is -0.0860. The van der Waals surface area contributed by atoms with Crippen LogP contribution in [-0.2, 0) is 0 Å². The first-order chi connectivity index (χ1) is 15.0. The second-order valence-corrected chi connectivity index (χ2v) is 8.79. The lowest BCUT2D eigenvalue weighted by molar-refractivity contribution is 0.0892. The Labute approximate surface area is 191 Å². The lowest BCUT2D eigenvalue weighted by atomic mass is 9.85. The van der Waals surface area contributed by atoms with E-state index in [1.165, 1.54) is 4.80 Å². The molecule has 0 amide bonds. The molecule has 158 valence electrons. The van der Waals surface area contributed by atoms with Crippen molar-refractivity contribution in [3.8, 4) is 5.82 Å². The maximum Gasteiger partial charge on any atom is 0.195 e. The third-order valence-corrected chi connectivity index (χ3v) is 6.48. The van der Waals surface area contributed by atoms with E-state index in [4.69, 9.17) is 11.6 Å². The van der Waals surface area contributed by atoms with Crippen molar-refractivity contribution in [1.29, 1.82) is 0 Å². The van der Waals surface area contributed by atoms with Crippen LogP contribution in [0.1, 0.15) is 30.1 Å². The summed E-state index contributed by atoms with van der Waals surface area (Å²) >= 11 is 9.95. The molecule has 0 spiro atoms. The molecule has 0 bridgehead atoms. The molecule has 1 saturated heterocycles. The van der Waals surface area contributed by atoms with Crippen molar-refractivity contribution in [2.75, 3.05) is 11.4 Å². The molecule has 0 aromatic carbocycles. The third-order valence-electron chi connectivity index (χ3n) is 5.64. The van der Waals surface area contributed by atoms with Gasteiger partial charge in [-0.15, -0.1) is 4.80 Å². The first kappa shape index (κ1) is 20.1. The third kappa shape index (κ3) is 3.59. The SMILES string of the molecule is C[C@@H]1C[C@H](C(=O)c2c[nH]c3nc(-n4nccn4)c(Cl)cc23)CCN1c1ncncc1Br. The summed E-state index contributed by atoms with van der Waals surface area (Å²) in [7, 11) is 0. The highest BCUT2D eigenvalue weighted by molar-refractivity contribution is 9.10. The molecule has 2 atom stereocenters. The summed E-state index contributed by atoms with van der Waals surface area (Å²) < 4.78 is 0.853. The number of hydrogen-bond acceptors (Lipinski definition) is 7. The van der Waals surface area contributed by atoms with Crippen molar-refractivity contribution in [2.24, 2.45) is 5.92 Å². The largest absolute Gasteiger partial charge is 0.353 e. The van der Waals surface area contributed by atoms with Crippen LogP contribution in [0.25, 0.3) is 16.9 Å². The number of ketones is 1. The minimum Gasteiger partial charge on any atom is -0.353 e. The van der Waals surface area contributed by atoms with Crippen molar-refractivity contribution in [1.82, 2.24) is 34.9 Å². The van der Waals surface area contributed by atoms with Crippen molar-refractivity contribution in [3.63, 3.8) is 0 Å². The predicted molar refractivity (Wildman–Crippen MR) is 120 cm³/mol. The Hall–Kier alpha value is -2.85. The molecule has 4 aromatic heterocycles. The molecule has 1 aliphatic rings. The van der Waals surface area contributed by atoms with Gasteiger partial charge in [0.25, 0.3) is 0 Å². The summed E-state index contributed by atoms with van der Waals surface area (Å²) in [4.78, 5) is 33.0. The average Bonchev–Trinajstić information content (AvgIpc) is 3.43. The van der Waals surface area contributed by atoms with Crippen molar-refractivity contribution >= 4 is 50.2 Å². The summed E-state index contributed by atoms with van der Waals surface area (Å²) in [6.45, 7) is 2.86. The topological polar surface area (TPSA) is 105 Å². The normalized spacial score (nSPS) is 19.1. The van der Waals surface area contributed by atoms with Gasteiger partial charge in [-0.3, -0.25) is 4.79 Å². The highest BCUT2D eigenvalue weighted by Gasteiger charge is 2.33. The van der Waals surface area contributed by atoms with E-state index in [0.717, 1.165) is 29.7 Å². The highest BCUT2D eigenvalue weighted by atomic mass is 79.9. The van der Waals surface area contributed by atoms with E-state index in [0.29, 0.717) is 27.4 Å². The summed E-state index contributed by atoms with van der Waals surface area (Å²) in [6.07, 6.45) is 9.58. The summed E-state index contributed by atoms with van der Waals surface area (Å²) in [5.41, 5.74) is 1.19. The zero-order valence-corrected chi connectivity index (χ0v) is 18.9. The fourth-order valence-electron chi connectivity index (χ4n) is 4.14. The number of Topliss-reactive ketones (excluding diaryl/α,β-unsaturated/α-hetero) is 1. The lowest BCUT2D eigenvalue weighted by Crippen LogP contribution is -2.43. The number of nitrogens with zero attached hydrogens (tertiary/aromatic N) is 7. The number of aromatic amines is 1. The lowest BCUT2D eigenvalue weighted by Gasteiger charge is -2.38. The molecular weight excluding hydrogens is 484 g/mol. The van der Waals surface area contributed by atoms with Crippen molar-refractivity contribution in [2.45, 2.75) is 25.8 Å². The van der Waals surface area contributed by atoms with Gasteiger partial charge in [-0.1, -0.05) is 11.6 Å². The molecular formula is C20H18BrClN8O. The van der Waals surface area contributed by atoms with Crippen molar-refractivity contribution in [3.05, 3.63) is 52.2 Å². The smallest absolute Gasteiger partial charge is 0.195 e. The fraction of sp³-hybridized carbons (Fsp3) is 0.300. The molecule has 5 rings (SSSR count). The minimum absolute atomic E-state index is 0.0860. The molecule has 9 nitrogen and oxygen atoms in total. The van der Waals surface area contributed by atoms with E-state index in [1.54, 1.807) is 37.2 Å². The van der Waals surface area contributed by atoms with Crippen LogP contribution in [0, 0.1) is 5.92 Å². The summed E-state index contributed by atoms with van der Waals surface area (Å²) in [5, 5.41) is 9.24. The summed E-state index contributed by atoms with van der Waals surface area (Å²) in [6, 6.07) is 1.92. The molecule has 0 unspecified atom stereocenters. The van der Waals surface area contributed by atoms with Gasteiger partial charge < -0.3 is 9.88 Å². The van der Waals surface area contributed by atoms with Crippen LogP contribution in [0.4, 0.5) is 5.82 Å². The van der Waals surface area contributed by atoms with Crippen LogP contribution >= 0.6 is 27.5 Å². The van der Waals surface area contributed by atoms with Gasteiger partial charge >= 0.3 is 0 Å². The first-order valence-electron chi connectivity index (χ1n) is 9.83. The molecule has 0 radical (unpaired) electrons. The number of carbonyl (C=O) groups excluding carboxylic acids is 1. The van der Waals surface area contributed by atoms with Gasteiger partial charge in [0.2, 0.25) is 0 Å². The quantitative estimate of drug-likeness (QED) is 0.424. The van der Waals surface area contributed by atoms with Crippen LogP contribution in [0.2, 0.25) is 5.02 Å². The summed E-state index contributed by atoms with van der Waals surface area (Å²) in [5.74, 6) is 1.29. The number of fused-ring (bicyclic) bond motifs is 1. The maximum absolute atomic E-state index is 13.4. The van der Waals surface area contributed by atoms with E-state index < -0.39 is 0 Å². The number of rotatable bonds is 4. The molecule has 1 fully saturated rings. The van der Waals surface area contributed by atoms with Crippen LogP contribution in [0.3, 0.4) is 0 Å². The Morgan fingerprint density at radius 2 is 2.10 bits per heavy atom. The number of nitrogens with one attached hydrogen (secondary N) is 1. The molecule has 0 saturated carbocycles. The van der Waals surface area contributed by atoms with Gasteiger partial charge in [-0.2, -0.15) is 10.2 Å². The van der Waals surface area contributed by atoms with Crippen LogP contribution < -0.4 is 4.90 Å². The van der Waals surface area contributed by atoms with E-state index in [1.807, 2.05) is 0 Å². The molecule has 1 N–H and O–H groups in total. The van der Waals surface area contributed by atoms with Crippen molar-refractivity contribution < 1.29 is 4.79 Å². The van der Waals surface area contributed by atoms with Crippen LogP contribution in [-0.4, -0.2) is 53.3 Å². The van der Waals surface area contributed by atoms with E-state index in [2.05, 4.69) is 57.9 Å². The van der Waals surface area contributed by atoms with E-state index in [9.17, 15) is 4.79 Å². The Bertz CT molecular complexity index is 1260. The predicted octanol–water partition coefficient (Wildman–Crippen LogP) is 3.84. The van der Waals surface area contributed by atoms with Gasteiger partial charge in [0, 0.05) is 41.8 Å². The zero-order valence-electron chi connectivity index (χ0n) is 16.5. The van der Waals surface area contributed by atoms with Gasteiger partial charge in [0.15, 0.2) is 11.6 Å². The van der Waals surface area contributed by atoms with E-state index in [-0.39, 0.29) is 17.7 Å². The number of piperidine rings is 1. The standard InChI is InChI=1S/C20H18BrClN8O/c1-11-6-12(2-5-29(11)19-15(21)9-23-10-25-19)17(31)14-8-24-18-13(14)7-16(22)20(28-18)30-26-3-4-27-30/h3-4,7-12H,2,5-6H2,1H3,(H,24,28)/t11-,12-/m1/s1. The monoisotopic (exact) mass is 500 g/mol. The Balaban J connectivity index is 1.40. The number of H-pyrrole nitrogens is 1. The molecule has 11 heteroatoms. The number of carbonyl (C=O) groups is 1. The van der Waals surface area contributed by atoms with E-state index >= 15 is 0 Å². The first-order valence-corrected chi connectivity index (χ1v) is 11.0. The second kappa shape index (κ2) is 8.01. The number of pyridine rings is 1. The second-order valence-electron chi connectivity index (χ2n) is 7.53. The van der Waals surface area contributed by atoms with Gasteiger partial charge in [0.1, 0.15) is 17.8 Å². The Kier molecular flexibility index (Phi) is 5.19. The number of hydrogen-bond donors (Lipinski definition) is 1. The molecule has 1 aliphatic heterocycles. The molecule has 4 aromatic rings.